The molecule has 0 radical (unpaired) electrons. The van der Waals surface area contributed by atoms with Crippen molar-refractivity contribution < 1.29 is 13.2 Å². The molecule has 0 aromatic carbocycles. The number of nitrogens with two attached hydrogens (primary N) is 1. The molecule has 0 saturated heterocycles. The lowest BCUT2D eigenvalue weighted by atomic mass is 9.68. The fourth-order valence-corrected chi connectivity index (χ4v) is 2.52. The average molecular weight is 248 g/mol. The highest BCUT2D eigenvalue weighted by atomic mass is 32.2. The number of nitrogens with zero attached hydrogens (tertiary/aromatic N) is 1. The zero-order chi connectivity index (χ0) is 12.4. The summed E-state index contributed by atoms with van der Waals surface area (Å²) in [6, 6.07) is 0. The van der Waals surface area contributed by atoms with Crippen LogP contribution in [0.25, 0.3) is 0 Å². The molecule has 1 rings (SSSR count). The lowest BCUT2D eigenvalue weighted by Crippen LogP contribution is -2.51. The Labute approximate surface area is 96.9 Å². The summed E-state index contributed by atoms with van der Waals surface area (Å²) in [6.07, 6.45) is 3.85. The van der Waals surface area contributed by atoms with Gasteiger partial charge in [-0.25, -0.2) is 8.42 Å². The van der Waals surface area contributed by atoms with E-state index >= 15 is 0 Å². The van der Waals surface area contributed by atoms with Crippen LogP contribution in [0.2, 0.25) is 0 Å². The molecule has 94 valence electrons. The van der Waals surface area contributed by atoms with Gasteiger partial charge >= 0.3 is 0 Å². The van der Waals surface area contributed by atoms with Gasteiger partial charge in [-0.3, -0.25) is 4.79 Å². The average Bonchev–Trinajstić information content (AvgIpc) is 2.12. The Morgan fingerprint density at radius 2 is 2.00 bits per heavy atom. The largest absolute Gasteiger partial charge is 0.344 e. The van der Waals surface area contributed by atoms with Crippen LogP contribution in [0.1, 0.15) is 19.3 Å². The SMILES string of the molecule is CN(CCS(C)(=O)=O)C(=O)C1(CN)CCC1. The highest BCUT2D eigenvalue weighted by Crippen LogP contribution is 2.41. The highest BCUT2D eigenvalue weighted by Gasteiger charge is 2.44. The van der Waals surface area contributed by atoms with Crippen LogP contribution in [0.4, 0.5) is 0 Å². The minimum absolute atomic E-state index is 0.00935. The topological polar surface area (TPSA) is 80.5 Å². The van der Waals surface area contributed by atoms with Crippen LogP contribution in [0.5, 0.6) is 0 Å². The quantitative estimate of drug-likeness (QED) is 0.719. The molecule has 0 atom stereocenters. The zero-order valence-corrected chi connectivity index (χ0v) is 10.7. The molecule has 0 spiro atoms. The van der Waals surface area contributed by atoms with Crippen molar-refractivity contribution >= 4 is 15.7 Å². The fourth-order valence-electron chi connectivity index (χ4n) is 1.92. The van der Waals surface area contributed by atoms with Crippen molar-refractivity contribution in [2.75, 3.05) is 32.1 Å². The number of rotatable bonds is 5. The van der Waals surface area contributed by atoms with Crippen LogP contribution >= 0.6 is 0 Å². The van der Waals surface area contributed by atoms with E-state index in [0.29, 0.717) is 6.54 Å². The van der Waals surface area contributed by atoms with Gasteiger partial charge in [-0.1, -0.05) is 6.42 Å². The monoisotopic (exact) mass is 248 g/mol. The maximum atomic E-state index is 12.0. The summed E-state index contributed by atoms with van der Waals surface area (Å²) in [5, 5.41) is 0. The second-order valence-electron chi connectivity index (χ2n) is 4.69. The van der Waals surface area contributed by atoms with Crippen molar-refractivity contribution in [3.8, 4) is 0 Å². The summed E-state index contributed by atoms with van der Waals surface area (Å²) in [6.45, 7) is 0.606. The van der Waals surface area contributed by atoms with Crippen molar-refractivity contribution in [2.24, 2.45) is 11.1 Å². The first-order valence-corrected chi connectivity index (χ1v) is 7.50. The van der Waals surface area contributed by atoms with Crippen LogP contribution < -0.4 is 5.73 Å². The smallest absolute Gasteiger partial charge is 0.229 e. The second kappa shape index (κ2) is 4.71. The van der Waals surface area contributed by atoms with Crippen LogP contribution in [-0.2, 0) is 14.6 Å². The van der Waals surface area contributed by atoms with Gasteiger partial charge in [-0.15, -0.1) is 0 Å². The molecule has 1 aliphatic carbocycles. The van der Waals surface area contributed by atoms with Crippen LogP contribution in [-0.4, -0.2) is 51.4 Å². The lowest BCUT2D eigenvalue weighted by molar-refractivity contribution is -0.144. The van der Waals surface area contributed by atoms with Crippen molar-refractivity contribution in [3.63, 3.8) is 0 Å². The van der Waals surface area contributed by atoms with Crippen LogP contribution in [0.3, 0.4) is 0 Å². The Morgan fingerprint density at radius 3 is 2.31 bits per heavy atom. The Hall–Kier alpha value is -0.620. The maximum absolute atomic E-state index is 12.0. The predicted molar refractivity (Wildman–Crippen MR) is 62.7 cm³/mol. The van der Waals surface area contributed by atoms with Gasteiger partial charge in [0.2, 0.25) is 5.91 Å². The molecule has 1 fully saturated rings. The fraction of sp³-hybridized carbons (Fsp3) is 0.900. The summed E-state index contributed by atoms with van der Waals surface area (Å²) >= 11 is 0. The third-order valence-electron chi connectivity index (χ3n) is 3.30. The van der Waals surface area contributed by atoms with Gasteiger partial charge in [0.1, 0.15) is 9.84 Å². The van der Waals surface area contributed by atoms with E-state index in [1.807, 2.05) is 0 Å². The van der Waals surface area contributed by atoms with Gasteiger partial charge in [0.15, 0.2) is 0 Å². The Morgan fingerprint density at radius 1 is 1.44 bits per heavy atom. The van der Waals surface area contributed by atoms with Crippen LogP contribution in [0.15, 0.2) is 0 Å². The van der Waals surface area contributed by atoms with E-state index in [1.165, 1.54) is 11.2 Å². The molecule has 0 aromatic heterocycles. The molecule has 1 saturated carbocycles. The molecule has 2 N–H and O–H groups in total. The van der Waals surface area contributed by atoms with Gasteiger partial charge in [-0.05, 0) is 12.8 Å². The van der Waals surface area contributed by atoms with Gasteiger partial charge < -0.3 is 10.6 Å². The minimum Gasteiger partial charge on any atom is -0.344 e. The summed E-state index contributed by atoms with van der Waals surface area (Å²) in [4.78, 5) is 13.5. The molecular formula is C10H20N2O3S. The third-order valence-corrected chi connectivity index (χ3v) is 4.22. The summed E-state index contributed by atoms with van der Waals surface area (Å²) in [5.74, 6) is 0.000461. The first kappa shape index (κ1) is 13.4. The molecular weight excluding hydrogens is 228 g/mol. The van der Waals surface area contributed by atoms with E-state index in [-0.39, 0.29) is 18.2 Å². The molecule has 0 aliphatic heterocycles. The molecule has 6 heteroatoms. The summed E-state index contributed by atoms with van der Waals surface area (Å²) < 4.78 is 22.0. The summed E-state index contributed by atoms with van der Waals surface area (Å²) in [5.41, 5.74) is 5.21. The van der Waals surface area contributed by atoms with Gasteiger partial charge in [0.25, 0.3) is 0 Å². The maximum Gasteiger partial charge on any atom is 0.229 e. The van der Waals surface area contributed by atoms with Crippen LogP contribution in [0, 0.1) is 5.41 Å². The van der Waals surface area contributed by atoms with Crippen molar-refractivity contribution in [3.05, 3.63) is 0 Å². The molecule has 1 aliphatic rings. The van der Waals surface area contributed by atoms with Crippen molar-refractivity contribution in [2.45, 2.75) is 19.3 Å². The number of carbonyl (C=O) groups is 1. The lowest BCUT2D eigenvalue weighted by Gasteiger charge is -2.41. The predicted octanol–water partition coefficient (Wildman–Crippen LogP) is -0.382. The number of sulfone groups is 1. The standard InChI is InChI=1S/C10H20N2O3S/c1-12(6-7-16(2,14)15)9(13)10(8-11)4-3-5-10/h3-8,11H2,1-2H3. The van der Waals surface area contributed by atoms with E-state index < -0.39 is 15.3 Å². The number of carbonyl (C=O) groups excluding carboxylic acids is 1. The molecule has 0 heterocycles. The summed E-state index contributed by atoms with van der Waals surface area (Å²) in [7, 11) is -1.38. The van der Waals surface area contributed by atoms with Gasteiger partial charge in [0, 0.05) is 26.4 Å². The molecule has 16 heavy (non-hydrogen) atoms. The second-order valence-corrected chi connectivity index (χ2v) is 6.95. The van der Waals surface area contributed by atoms with Gasteiger partial charge in [0.05, 0.1) is 11.2 Å². The van der Waals surface area contributed by atoms with E-state index in [2.05, 4.69) is 0 Å². The third kappa shape index (κ3) is 2.95. The zero-order valence-electron chi connectivity index (χ0n) is 9.90. The first-order chi connectivity index (χ1) is 7.31. The Balaban J connectivity index is 2.54. The molecule has 1 amide bonds. The first-order valence-electron chi connectivity index (χ1n) is 5.44. The minimum atomic E-state index is -3.02. The molecule has 0 unspecified atom stereocenters. The van der Waals surface area contributed by atoms with Crippen molar-refractivity contribution in [1.29, 1.82) is 0 Å². The number of hydrogen-bond donors (Lipinski definition) is 1. The number of hydrogen-bond acceptors (Lipinski definition) is 4. The van der Waals surface area contributed by atoms with E-state index in [0.717, 1.165) is 19.3 Å². The Kier molecular flexibility index (Phi) is 3.96. The van der Waals surface area contributed by atoms with E-state index in [4.69, 9.17) is 5.73 Å². The van der Waals surface area contributed by atoms with E-state index in [9.17, 15) is 13.2 Å². The normalized spacial score (nSPS) is 18.9. The molecule has 0 bridgehead atoms. The number of amides is 1. The molecule has 5 nitrogen and oxygen atoms in total. The van der Waals surface area contributed by atoms with E-state index in [1.54, 1.807) is 7.05 Å². The van der Waals surface area contributed by atoms with Gasteiger partial charge in [-0.2, -0.15) is 0 Å². The molecule has 0 aromatic rings. The Bertz CT molecular complexity index is 355. The van der Waals surface area contributed by atoms with Crippen molar-refractivity contribution in [1.82, 2.24) is 4.90 Å². The highest BCUT2D eigenvalue weighted by molar-refractivity contribution is 7.90.